The molecule has 4 heterocycles. The highest BCUT2D eigenvalue weighted by molar-refractivity contribution is 5.98. The second-order valence-electron chi connectivity index (χ2n) is 7.82. The van der Waals surface area contributed by atoms with E-state index in [4.69, 9.17) is 4.74 Å². The van der Waals surface area contributed by atoms with Crippen LogP contribution in [-0.4, -0.2) is 64.5 Å². The highest BCUT2D eigenvalue weighted by Crippen LogP contribution is 2.21. The largest absolute Gasteiger partial charge is 0.356 e. The van der Waals surface area contributed by atoms with Crippen molar-refractivity contribution < 1.29 is 13.9 Å². The topological polar surface area (TPSA) is 113 Å². The second kappa shape index (κ2) is 8.98. The maximum absolute atomic E-state index is 13.6. The van der Waals surface area contributed by atoms with Gasteiger partial charge in [-0.3, -0.25) is 4.79 Å². The van der Waals surface area contributed by atoms with Crippen LogP contribution in [0.5, 0.6) is 0 Å². The van der Waals surface area contributed by atoms with E-state index in [9.17, 15) is 14.0 Å². The van der Waals surface area contributed by atoms with Gasteiger partial charge in [-0.1, -0.05) is 11.6 Å². The number of aromatic nitrogens is 7. The molecule has 1 atom stereocenters. The summed E-state index contributed by atoms with van der Waals surface area (Å²) in [5.74, 6) is -0.519. The minimum absolute atomic E-state index is 0.0277. The average molecular weight is 464 g/mol. The van der Waals surface area contributed by atoms with Crippen molar-refractivity contribution in [3.63, 3.8) is 0 Å². The lowest BCUT2D eigenvalue weighted by molar-refractivity contribution is -0.0866. The molecule has 11 nitrogen and oxygen atoms in total. The van der Waals surface area contributed by atoms with Crippen molar-refractivity contribution in [2.45, 2.75) is 26.1 Å². The summed E-state index contributed by atoms with van der Waals surface area (Å²) in [4.78, 5) is 33.4. The third-order valence-corrected chi connectivity index (χ3v) is 5.50. The molecular weight excluding hydrogens is 443 g/mol. The highest BCUT2D eigenvalue weighted by atomic mass is 19.1. The SMILES string of the molecule is Cc1ccc(-n2nccn2)c(C(=O)N2CCCO[C@H]2Cn2ncn(-c3ccc(F)cn3)c2=O)c1. The number of ether oxygens (including phenoxy) is 1. The van der Waals surface area contributed by atoms with Crippen molar-refractivity contribution in [2.75, 3.05) is 13.2 Å². The number of aryl methyl sites for hydroxylation is 1. The monoisotopic (exact) mass is 464 g/mol. The minimum atomic E-state index is -0.706. The zero-order chi connectivity index (χ0) is 23.7. The van der Waals surface area contributed by atoms with Gasteiger partial charge < -0.3 is 9.64 Å². The molecular formula is C22H21FN8O3. The Labute approximate surface area is 193 Å². The van der Waals surface area contributed by atoms with Gasteiger partial charge in [-0.15, -0.1) is 0 Å². The predicted octanol–water partition coefficient (Wildman–Crippen LogP) is 1.35. The van der Waals surface area contributed by atoms with Crippen molar-refractivity contribution in [1.82, 2.24) is 39.2 Å². The van der Waals surface area contributed by atoms with Gasteiger partial charge in [-0.05, 0) is 37.6 Å². The van der Waals surface area contributed by atoms with E-state index < -0.39 is 17.7 Å². The van der Waals surface area contributed by atoms with Gasteiger partial charge >= 0.3 is 5.69 Å². The number of carbonyl (C=O) groups is 1. The molecule has 1 saturated heterocycles. The van der Waals surface area contributed by atoms with Crippen molar-refractivity contribution >= 4 is 5.91 Å². The van der Waals surface area contributed by atoms with Crippen LogP contribution in [0.1, 0.15) is 22.3 Å². The van der Waals surface area contributed by atoms with Crippen molar-refractivity contribution in [3.8, 4) is 11.5 Å². The number of halogens is 1. The predicted molar refractivity (Wildman–Crippen MR) is 117 cm³/mol. The fraction of sp³-hybridized carbons (Fsp3) is 0.273. The standard InChI is InChI=1S/C22H21FN8O3/c1-15-3-5-18(31-25-7-8-26-31)17(11-15)21(32)28-9-2-10-34-20(28)13-30-22(33)29(14-27-30)19-6-4-16(23)12-24-19/h3-8,11-12,14,20H,2,9-10,13H2,1H3/t20-/m0/s1. The Morgan fingerprint density at radius 1 is 1.18 bits per heavy atom. The summed E-state index contributed by atoms with van der Waals surface area (Å²) in [6.45, 7) is 2.83. The van der Waals surface area contributed by atoms with Crippen LogP contribution < -0.4 is 5.69 Å². The number of rotatable bonds is 5. The van der Waals surface area contributed by atoms with Crippen molar-refractivity contribution in [1.29, 1.82) is 0 Å². The van der Waals surface area contributed by atoms with Crippen LogP contribution in [0, 0.1) is 12.7 Å². The second-order valence-corrected chi connectivity index (χ2v) is 7.82. The van der Waals surface area contributed by atoms with E-state index >= 15 is 0 Å². The maximum atomic E-state index is 13.6. The maximum Gasteiger partial charge on any atom is 0.351 e. The summed E-state index contributed by atoms with van der Waals surface area (Å²) in [6, 6.07) is 8.07. The van der Waals surface area contributed by atoms with Crippen LogP contribution in [0.4, 0.5) is 4.39 Å². The fourth-order valence-electron chi connectivity index (χ4n) is 3.84. The van der Waals surface area contributed by atoms with Crippen LogP contribution in [0.2, 0.25) is 0 Å². The van der Waals surface area contributed by atoms with Gasteiger partial charge in [0.2, 0.25) is 0 Å². The summed E-state index contributed by atoms with van der Waals surface area (Å²) in [7, 11) is 0. The third kappa shape index (κ3) is 4.10. The molecule has 1 aliphatic heterocycles. The van der Waals surface area contributed by atoms with E-state index in [0.29, 0.717) is 30.8 Å². The molecule has 1 amide bonds. The molecule has 0 saturated carbocycles. The summed E-state index contributed by atoms with van der Waals surface area (Å²) in [5, 5.41) is 12.5. The number of nitrogens with zero attached hydrogens (tertiary/aromatic N) is 8. The number of carbonyl (C=O) groups excluding carboxylic acids is 1. The first-order valence-corrected chi connectivity index (χ1v) is 10.7. The van der Waals surface area contributed by atoms with E-state index in [1.165, 1.54) is 32.5 Å². The Hall–Kier alpha value is -4.19. The van der Waals surface area contributed by atoms with E-state index in [0.717, 1.165) is 11.8 Å². The first-order valence-electron chi connectivity index (χ1n) is 10.7. The Kier molecular flexibility index (Phi) is 5.72. The van der Waals surface area contributed by atoms with E-state index in [2.05, 4.69) is 20.3 Å². The highest BCUT2D eigenvalue weighted by Gasteiger charge is 2.31. The van der Waals surface area contributed by atoms with Gasteiger partial charge in [-0.2, -0.15) is 20.1 Å². The number of amides is 1. The molecule has 0 unspecified atom stereocenters. The number of pyridine rings is 1. The van der Waals surface area contributed by atoms with Gasteiger partial charge in [-0.25, -0.2) is 23.4 Å². The fourth-order valence-corrected chi connectivity index (χ4v) is 3.84. The number of hydrogen-bond acceptors (Lipinski definition) is 7. The lowest BCUT2D eigenvalue weighted by Gasteiger charge is -2.35. The lowest BCUT2D eigenvalue weighted by atomic mass is 10.1. The van der Waals surface area contributed by atoms with E-state index in [1.807, 2.05) is 13.0 Å². The van der Waals surface area contributed by atoms with Crippen molar-refractivity contribution in [2.24, 2.45) is 0 Å². The lowest BCUT2D eigenvalue weighted by Crippen LogP contribution is -2.49. The summed E-state index contributed by atoms with van der Waals surface area (Å²) >= 11 is 0. The molecule has 1 aliphatic rings. The normalized spacial score (nSPS) is 16.1. The third-order valence-electron chi connectivity index (χ3n) is 5.50. The first kappa shape index (κ1) is 21.6. The van der Waals surface area contributed by atoms with Crippen LogP contribution in [-0.2, 0) is 11.3 Å². The Morgan fingerprint density at radius 2 is 2.00 bits per heavy atom. The van der Waals surface area contributed by atoms with Gasteiger partial charge in [0.25, 0.3) is 5.91 Å². The zero-order valence-corrected chi connectivity index (χ0v) is 18.3. The Balaban J connectivity index is 1.43. The summed E-state index contributed by atoms with van der Waals surface area (Å²) < 4.78 is 21.5. The molecule has 1 fully saturated rings. The van der Waals surface area contributed by atoms with Gasteiger partial charge in [0.15, 0.2) is 6.23 Å². The molecule has 0 spiro atoms. The van der Waals surface area contributed by atoms with Crippen LogP contribution in [0.3, 0.4) is 0 Å². The smallest absolute Gasteiger partial charge is 0.351 e. The van der Waals surface area contributed by atoms with Gasteiger partial charge in [0, 0.05) is 6.54 Å². The van der Waals surface area contributed by atoms with E-state index in [-0.39, 0.29) is 18.3 Å². The summed E-state index contributed by atoms with van der Waals surface area (Å²) in [5.41, 5.74) is 1.42. The molecule has 0 N–H and O–H groups in total. The molecule has 0 aliphatic carbocycles. The molecule has 0 bridgehead atoms. The summed E-state index contributed by atoms with van der Waals surface area (Å²) in [6.07, 6.45) is 5.37. The molecule has 3 aromatic heterocycles. The van der Waals surface area contributed by atoms with Crippen LogP contribution in [0.25, 0.3) is 11.5 Å². The minimum Gasteiger partial charge on any atom is -0.356 e. The van der Waals surface area contributed by atoms with Crippen molar-refractivity contribution in [3.05, 3.63) is 82.7 Å². The van der Waals surface area contributed by atoms with Crippen LogP contribution in [0.15, 0.2) is 60.0 Å². The Bertz CT molecular complexity index is 1360. The number of benzene rings is 1. The van der Waals surface area contributed by atoms with Gasteiger partial charge in [0.1, 0.15) is 18.0 Å². The molecule has 0 radical (unpaired) electrons. The first-order chi connectivity index (χ1) is 16.5. The van der Waals surface area contributed by atoms with Gasteiger partial charge in [0.05, 0.1) is 43.0 Å². The molecule has 34 heavy (non-hydrogen) atoms. The molecule has 5 rings (SSSR count). The molecule has 174 valence electrons. The molecule has 1 aromatic carbocycles. The Morgan fingerprint density at radius 3 is 2.76 bits per heavy atom. The molecule has 12 heteroatoms. The number of hydrogen-bond donors (Lipinski definition) is 0. The average Bonchev–Trinajstić information content (AvgIpc) is 3.50. The van der Waals surface area contributed by atoms with E-state index in [1.54, 1.807) is 29.4 Å². The quantitative estimate of drug-likeness (QED) is 0.438. The van der Waals surface area contributed by atoms with Crippen LogP contribution >= 0.6 is 0 Å². The molecule has 4 aromatic rings. The zero-order valence-electron chi connectivity index (χ0n) is 18.3.